The minimum absolute atomic E-state index is 0.466. The standard InChI is InChI=1S/C24H31N2O.C18H18NO2.C18H18NOS.C12H14NO2.C12H14NOS/c1-16(2)19-10-8-11-20(17(3)4)24(19)26-14-22(25(6)15-26)21-12-9-13-23(27-7)18(21)5;2*1-13-15(10-7-11-17(13)20-3)16-12-21-18(19(16)2)14-8-5-4-6-9-14;2*1-9-10(5-4-6-12(9)14-3)11-7-15-8-13(11)2/h8-17H,1-7H3;2*4-12H,1-3H3;2*4-8H,1-3H3/q5*+1. The number of benzene rings is 8. The third kappa shape index (κ3) is 16.5. The van der Waals surface area contributed by atoms with Crippen molar-refractivity contribution in [3.8, 4) is 113 Å². The van der Waals surface area contributed by atoms with Crippen LogP contribution >= 0.6 is 22.7 Å². The van der Waals surface area contributed by atoms with Gasteiger partial charge in [0.15, 0.2) is 18.2 Å². The van der Waals surface area contributed by atoms with Crippen molar-refractivity contribution in [2.75, 3.05) is 35.5 Å². The fourth-order valence-corrected chi connectivity index (χ4v) is 14.2. The van der Waals surface area contributed by atoms with Crippen molar-refractivity contribution in [3.05, 3.63) is 257 Å². The van der Waals surface area contributed by atoms with Crippen molar-refractivity contribution in [2.24, 2.45) is 35.2 Å². The average Bonchev–Trinajstić information content (AvgIpc) is 1.67. The van der Waals surface area contributed by atoms with Gasteiger partial charge in [0.05, 0.1) is 86.7 Å². The summed E-state index contributed by atoms with van der Waals surface area (Å²) in [6.07, 6.45) is 9.64. The summed E-state index contributed by atoms with van der Waals surface area (Å²) in [6.45, 7) is 19.5. The molecule has 0 amide bonds. The van der Waals surface area contributed by atoms with Gasteiger partial charge < -0.3 is 32.5 Å². The van der Waals surface area contributed by atoms with Gasteiger partial charge in [0.25, 0.3) is 16.4 Å². The van der Waals surface area contributed by atoms with Crippen LogP contribution in [0.3, 0.4) is 0 Å². The SMILES string of the molecule is COc1cccc(-c2c[n+](-c3c(C(C)C)cccc3C(C)C)cn2C)c1C.COc1cccc(-c2coc(-c3ccccc3)[n+]2C)c1C.COc1cccc(-c2coc[n+]2C)c1C.COc1cccc(-c2csc(-c3ccccc3)[n+]2C)c1C.COc1cccc(-c2csc[n+]2C)c1C. The second kappa shape index (κ2) is 33.7. The van der Waals surface area contributed by atoms with E-state index in [1.807, 2.05) is 117 Å². The second-order valence-electron chi connectivity index (χ2n) is 24.8. The van der Waals surface area contributed by atoms with E-state index in [0.717, 1.165) is 79.4 Å². The molecule has 0 fully saturated rings. The number of nitrogens with zero attached hydrogens (tertiary/aromatic N) is 6. The largest absolute Gasteiger partial charge is 0.496 e. The Morgan fingerprint density at radius 2 is 0.848 bits per heavy atom. The maximum atomic E-state index is 5.79. The van der Waals surface area contributed by atoms with Crippen molar-refractivity contribution < 1.29 is 55.4 Å². The van der Waals surface area contributed by atoms with Crippen LogP contribution in [0.1, 0.15) is 78.5 Å². The summed E-state index contributed by atoms with van der Waals surface area (Å²) < 4.78 is 50.8. The highest BCUT2D eigenvalue weighted by Gasteiger charge is 2.27. The van der Waals surface area contributed by atoms with Gasteiger partial charge in [0, 0.05) is 44.5 Å². The lowest BCUT2D eigenvalue weighted by Gasteiger charge is -2.16. The molecule has 0 atom stereocenters. The lowest BCUT2D eigenvalue weighted by molar-refractivity contribution is -0.664. The number of ether oxygens (including phenoxy) is 5. The first kappa shape index (κ1) is 72.9. The van der Waals surface area contributed by atoms with E-state index in [0.29, 0.717) is 11.8 Å². The quantitative estimate of drug-likeness (QED) is 0.0943. The maximum Gasteiger partial charge on any atom is 0.380 e. The molecule has 510 valence electrons. The Kier molecular flexibility index (Phi) is 24.9. The third-order valence-electron chi connectivity index (χ3n) is 17.9. The van der Waals surface area contributed by atoms with E-state index in [1.54, 1.807) is 77.1 Å². The van der Waals surface area contributed by atoms with Crippen LogP contribution in [0.4, 0.5) is 0 Å². The molecule has 0 unspecified atom stereocenters. The normalized spacial score (nSPS) is 10.8. The number of aromatic nitrogens is 6. The summed E-state index contributed by atoms with van der Waals surface area (Å²) >= 11 is 3.47. The Morgan fingerprint density at radius 3 is 1.28 bits per heavy atom. The van der Waals surface area contributed by atoms with E-state index in [2.05, 4.69) is 207 Å². The fraction of sp³-hybridized carbons (Fsp3) is 0.250. The molecule has 0 aliphatic heterocycles. The molecule has 13 aromatic rings. The minimum Gasteiger partial charge on any atom is -0.496 e. The van der Waals surface area contributed by atoms with Crippen molar-refractivity contribution in [3.63, 3.8) is 0 Å². The molecule has 13 nitrogen and oxygen atoms in total. The van der Waals surface area contributed by atoms with Crippen LogP contribution in [0.15, 0.2) is 226 Å². The minimum atomic E-state index is 0.466. The zero-order valence-electron chi connectivity index (χ0n) is 60.8. The zero-order valence-corrected chi connectivity index (χ0v) is 62.4. The molecule has 0 saturated heterocycles. The van der Waals surface area contributed by atoms with E-state index < -0.39 is 0 Å². The number of hydrogen-bond donors (Lipinski definition) is 0. The molecule has 0 bridgehead atoms. The summed E-state index contributed by atoms with van der Waals surface area (Å²) in [4.78, 5) is 0. The Hall–Kier alpha value is -10.4. The highest BCUT2D eigenvalue weighted by Crippen LogP contribution is 2.36. The van der Waals surface area contributed by atoms with Crippen LogP contribution in [0, 0.1) is 34.6 Å². The molecule has 15 heteroatoms. The lowest BCUT2D eigenvalue weighted by atomic mass is 9.92. The van der Waals surface area contributed by atoms with Crippen molar-refractivity contribution in [1.29, 1.82) is 0 Å². The van der Waals surface area contributed by atoms with E-state index in [9.17, 15) is 0 Å². The Morgan fingerprint density at radius 1 is 0.424 bits per heavy atom. The molecule has 0 aliphatic rings. The fourth-order valence-electron chi connectivity index (χ4n) is 12.4. The van der Waals surface area contributed by atoms with Crippen molar-refractivity contribution >= 4 is 22.7 Å². The first-order valence-electron chi connectivity index (χ1n) is 33.1. The van der Waals surface area contributed by atoms with Gasteiger partial charge in [0.1, 0.15) is 68.8 Å². The molecule has 0 saturated carbocycles. The average molecular weight is 1360 g/mol. The zero-order chi connectivity index (χ0) is 71.0. The molecule has 99 heavy (non-hydrogen) atoms. The molecular formula is C84H95N6O7S2+5. The maximum absolute atomic E-state index is 5.79. The van der Waals surface area contributed by atoms with Crippen molar-refractivity contribution in [2.45, 2.75) is 74.1 Å². The molecule has 5 heterocycles. The first-order valence-corrected chi connectivity index (χ1v) is 34.9. The van der Waals surface area contributed by atoms with Crippen LogP contribution < -0.4 is 46.5 Å². The molecule has 0 radical (unpaired) electrons. The number of aryl methyl sites for hydroxylation is 3. The molecule has 0 spiro atoms. The predicted octanol–water partition coefficient (Wildman–Crippen LogP) is 18.2. The van der Waals surface area contributed by atoms with Gasteiger partial charge in [-0.2, -0.15) is 18.3 Å². The molecule has 8 aromatic carbocycles. The molecule has 0 aliphatic carbocycles. The number of hydrogen-bond acceptors (Lipinski definition) is 9. The van der Waals surface area contributed by atoms with Crippen LogP contribution in [0.5, 0.6) is 28.7 Å². The van der Waals surface area contributed by atoms with E-state index >= 15 is 0 Å². The predicted molar refractivity (Wildman–Crippen MR) is 400 cm³/mol. The highest BCUT2D eigenvalue weighted by molar-refractivity contribution is 7.13. The van der Waals surface area contributed by atoms with Crippen LogP contribution in [-0.4, -0.2) is 40.1 Å². The van der Waals surface area contributed by atoms with Gasteiger partial charge in [-0.3, -0.25) is 0 Å². The Balaban J connectivity index is 0.000000147. The summed E-state index contributed by atoms with van der Waals surface area (Å²) in [5.74, 6) is 6.35. The number of para-hydroxylation sites is 1. The van der Waals surface area contributed by atoms with Gasteiger partial charge in [-0.25, -0.2) is 9.13 Å². The Bertz CT molecular complexity index is 4560. The van der Waals surface area contributed by atoms with Crippen LogP contribution in [-0.2, 0) is 35.2 Å². The summed E-state index contributed by atoms with van der Waals surface area (Å²) in [5.41, 5.74) is 25.8. The molecular weight excluding hydrogens is 1270 g/mol. The van der Waals surface area contributed by atoms with Crippen LogP contribution in [0.25, 0.3) is 84.0 Å². The summed E-state index contributed by atoms with van der Waals surface area (Å²) in [6, 6.07) is 57.9. The van der Waals surface area contributed by atoms with Gasteiger partial charge in [-0.1, -0.05) is 141 Å². The third-order valence-corrected chi connectivity index (χ3v) is 19.8. The highest BCUT2D eigenvalue weighted by atomic mass is 32.1. The number of rotatable bonds is 15. The number of thiazole rings is 2. The monoisotopic (exact) mass is 1360 g/mol. The van der Waals surface area contributed by atoms with Crippen molar-refractivity contribution in [1.82, 2.24) is 4.57 Å². The van der Waals surface area contributed by atoms with Gasteiger partial charge in [-0.15, -0.1) is 0 Å². The number of oxazole rings is 2. The summed E-state index contributed by atoms with van der Waals surface area (Å²) in [5, 5.41) is 5.62. The Labute approximate surface area is 593 Å². The molecule has 13 rings (SSSR count). The van der Waals surface area contributed by atoms with Gasteiger partial charge in [-0.05, 0) is 125 Å². The lowest BCUT2D eigenvalue weighted by Crippen LogP contribution is -2.31. The first-order chi connectivity index (χ1) is 47.8. The van der Waals surface area contributed by atoms with E-state index in [-0.39, 0.29) is 0 Å². The molecule has 5 aromatic heterocycles. The molecule has 0 N–H and O–H groups in total. The smallest absolute Gasteiger partial charge is 0.380 e. The topological polar surface area (TPSA) is 96.8 Å². The van der Waals surface area contributed by atoms with E-state index in [1.165, 1.54) is 72.3 Å². The van der Waals surface area contributed by atoms with Crippen LogP contribution in [0.2, 0.25) is 0 Å². The van der Waals surface area contributed by atoms with Gasteiger partial charge >= 0.3 is 12.3 Å². The number of imidazole rings is 1. The number of methoxy groups -OCH3 is 5. The van der Waals surface area contributed by atoms with Gasteiger partial charge in [0.2, 0.25) is 23.2 Å². The summed E-state index contributed by atoms with van der Waals surface area (Å²) in [7, 11) is 18.8. The second-order valence-corrected chi connectivity index (χ2v) is 26.4. The van der Waals surface area contributed by atoms with E-state index in [4.69, 9.17) is 32.5 Å².